The van der Waals surface area contributed by atoms with Crippen molar-refractivity contribution in [1.29, 1.82) is 0 Å². The average molecular weight is 289 g/mol. The van der Waals surface area contributed by atoms with Gasteiger partial charge >= 0.3 is 0 Å². The molecule has 0 unspecified atom stereocenters. The van der Waals surface area contributed by atoms with Crippen molar-refractivity contribution < 1.29 is 14.9 Å². The summed E-state index contributed by atoms with van der Waals surface area (Å²) in [6.07, 6.45) is 0. The van der Waals surface area contributed by atoms with Crippen LogP contribution in [0.4, 0.5) is 0 Å². The van der Waals surface area contributed by atoms with Crippen molar-refractivity contribution in [2.24, 2.45) is 0 Å². The number of rotatable bonds is 3. The lowest BCUT2D eigenvalue weighted by molar-refractivity contribution is 0.213. The molecule has 2 N–H and O–H groups in total. The largest absolute Gasteiger partial charge is 0.504 e. The van der Waals surface area contributed by atoms with Crippen LogP contribution in [0.1, 0.15) is 25.0 Å². The molecule has 90 valence electrons. The summed E-state index contributed by atoms with van der Waals surface area (Å²) in [5, 5.41) is 19.2. The SMILES string of the molecule is COc1c(O)cc(Br)c(C)c1C(C)(C)CO. The highest BCUT2D eigenvalue weighted by molar-refractivity contribution is 9.10. The quantitative estimate of drug-likeness (QED) is 0.899. The van der Waals surface area contributed by atoms with E-state index >= 15 is 0 Å². The molecule has 1 aromatic rings. The molecule has 0 spiro atoms. The zero-order chi connectivity index (χ0) is 12.5. The molecule has 0 radical (unpaired) electrons. The molecule has 0 fully saturated rings. The van der Waals surface area contributed by atoms with Gasteiger partial charge in [-0.2, -0.15) is 0 Å². The first-order valence-corrected chi connectivity index (χ1v) is 5.82. The topological polar surface area (TPSA) is 49.7 Å². The Balaban J connectivity index is 3.57. The minimum Gasteiger partial charge on any atom is -0.504 e. The van der Waals surface area contributed by atoms with Crippen LogP contribution in [0.3, 0.4) is 0 Å². The van der Waals surface area contributed by atoms with Gasteiger partial charge in [0.25, 0.3) is 0 Å². The molecule has 0 aliphatic carbocycles. The average Bonchev–Trinajstić information content (AvgIpc) is 2.22. The van der Waals surface area contributed by atoms with Gasteiger partial charge in [0, 0.05) is 15.5 Å². The highest BCUT2D eigenvalue weighted by Gasteiger charge is 2.28. The van der Waals surface area contributed by atoms with Gasteiger partial charge in [0.2, 0.25) is 0 Å². The van der Waals surface area contributed by atoms with E-state index in [2.05, 4.69) is 15.9 Å². The first kappa shape index (κ1) is 13.3. The second-order valence-corrected chi connectivity index (χ2v) is 5.31. The van der Waals surface area contributed by atoms with E-state index in [1.807, 2.05) is 20.8 Å². The Kier molecular flexibility index (Phi) is 3.86. The number of ether oxygens (including phenoxy) is 1. The lowest BCUT2D eigenvalue weighted by Gasteiger charge is -2.27. The van der Waals surface area contributed by atoms with Crippen LogP contribution >= 0.6 is 15.9 Å². The fourth-order valence-corrected chi connectivity index (χ4v) is 2.23. The molecule has 16 heavy (non-hydrogen) atoms. The number of aromatic hydroxyl groups is 1. The number of methoxy groups -OCH3 is 1. The molecular formula is C12H17BrO3. The van der Waals surface area contributed by atoms with Crippen molar-refractivity contribution in [2.75, 3.05) is 13.7 Å². The summed E-state index contributed by atoms with van der Waals surface area (Å²) in [6.45, 7) is 5.73. The molecule has 1 aromatic carbocycles. The van der Waals surface area contributed by atoms with Gasteiger partial charge in [-0.1, -0.05) is 29.8 Å². The Morgan fingerprint density at radius 1 is 1.44 bits per heavy atom. The van der Waals surface area contributed by atoms with Crippen molar-refractivity contribution in [3.8, 4) is 11.5 Å². The van der Waals surface area contributed by atoms with Crippen molar-refractivity contribution in [3.63, 3.8) is 0 Å². The number of hydrogen-bond acceptors (Lipinski definition) is 3. The first-order chi connectivity index (χ1) is 7.35. The van der Waals surface area contributed by atoms with Gasteiger partial charge in [-0.25, -0.2) is 0 Å². The van der Waals surface area contributed by atoms with Gasteiger partial charge < -0.3 is 14.9 Å². The van der Waals surface area contributed by atoms with E-state index in [1.165, 1.54) is 7.11 Å². The molecule has 0 heterocycles. The summed E-state index contributed by atoms with van der Waals surface area (Å²) in [4.78, 5) is 0. The van der Waals surface area contributed by atoms with E-state index in [0.29, 0.717) is 5.75 Å². The molecule has 0 saturated carbocycles. The second kappa shape index (κ2) is 4.63. The lowest BCUT2D eigenvalue weighted by Crippen LogP contribution is -2.24. The maximum Gasteiger partial charge on any atom is 0.164 e. The van der Waals surface area contributed by atoms with Crippen LogP contribution in [-0.4, -0.2) is 23.9 Å². The Labute approximate surface area is 104 Å². The number of aliphatic hydroxyl groups is 1. The van der Waals surface area contributed by atoms with Gasteiger partial charge in [0.05, 0.1) is 13.7 Å². The number of aliphatic hydroxyl groups excluding tert-OH is 1. The van der Waals surface area contributed by atoms with E-state index in [9.17, 15) is 10.2 Å². The molecule has 4 heteroatoms. The van der Waals surface area contributed by atoms with Crippen LogP contribution in [0.2, 0.25) is 0 Å². The normalized spacial score (nSPS) is 11.6. The number of benzene rings is 1. The second-order valence-electron chi connectivity index (χ2n) is 4.45. The van der Waals surface area contributed by atoms with Crippen LogP contribution in [0.25, 0.3) is 0 Å². The minimum atomic E-state index is -0.462. The zero-order valence-electron chi connectivity index (χ0n) is 9.97. The van der Waals surface area contributed by atoms with Gasteiger partial charge in [-0.3, -0.25) is 0 Å². The van der Waals surface area contributed by atoms with E-state index in [1.54, 1.807) is 6.07 Å². The van der Waals surface area contributed by atoms with Gasteiger partial charge in [-0.15, -0.1) is 0 Å². The molecule has 0 saturated heterocycles. The summed E-state index contributed by atoms with van der Waals surface area (Å²) in [5.74, 6) is 0.510. The predicted octanol–water partition coefficient (Wildman–Crippen LogP) is 2.74. The van der Waals surface area contributed by atoms with Crippen molar-refractivity contribution in [2.45, 2.75) is 26.2 Å². The number of halogens is 1. The third-order valence-electron chi connectivity index (χ3n) is 2.73. The molecule has 3 nitrogen and oxygen atoms in total. The van der Waals surface area contributed by atoms with E-state index in [4.69, 9.17) is 4.74 Å². The lowest BCUT2D eigenvalue weighted by atomic mass is 9.82. The van der Waals surface area contributed by atoms with Crippen LogP contribution in [0, 0.1) is 6.92 Å². The summed E-state index contributed by atoms with van der Waals surface area (Å²) in [6, 6.07) is 1.60. The summed E-state index contributed by atoms with van der Waals surface area (Å²) in [5.41, 5.74) is 1.33. The van der Waals surface area contributed by atoms with Gasteiger partial charge in [0.15, 0.2) is 11.5 Å². The third-order valence-corrected chi connectivity index (χ3v) is 3.56. The summed E-state index contributed by atoms with van der Waals surface area (Å²) < 4.78 is 6.03. The maximum absolute atomic E-state index is 9.82. The monoisotopic (exact) mass is 288 g/mol. The van der Waals surface area contributed by atoms with E-state index < -0.39 is 5.41 Å². The smallest absolute Gasteiger partial charge is 0.164 e. The van der Waals surface area contributed by atoms with Crippen molar-refractivity contribution in [1.82, 2.24) is 0 Å². The van der Waals surface area contributed by atoms with E-state index in [-0.39, 0.29) is 12.4 Å². The Hall–Kier alpha value is -0.740. The van der Waals surface area contributed by atoms with Crippen molar-refractivity contribution in [3.05, 3.63) is 21.7 Å². The first-order valence-electron chi connectivity index (χ1n) is 5.02. The van der Waals surface area contributed by atoms with Crippen LogP contribution in [0.5, 0.6) is 11.5 Å². The molecule has 1 rings (SSSR count). The Morgan fingerprint density at radius 2 is 2.00 bits per heavy atom. The molecule has 0 aliphatic rings. The Bertz CT molecular complexity index is 400. The highest BCUT2D eigenvalue weighted by Crippen LogP contribution is 2.43. The van der Waals surface area contributed by atoms with Crippen LogP contribution in [-0.2, 0) is 5.41 Å². The zero-order valence-corrected chi connectivity index (χ0v) is 11.6. The van der Waals surface area contributed by atoms with Gasteiger partial charge in [0.1, 0.15) is 0 Å². The molecular weight excluding hydrogens is 272 g/mol. The maximum atomic E-state index is 9.82. The number of phenolic OH excluding ortho intramolecular Hbond substituents is 1. The standard InChI is InChI=1S/C12H17BrO3/c1-7-8(13)5-9(15)11(16-4)10(7)12(2,3)6-14/h5,14-15H,6H2,1-4H3. The molecule has 0 atom stereocenters. The Morgan fingerprint density at radius 3 is 2.44 bits per heavy atom. The summed E-state index contributed by atoms with van der Waals surface area (Å²) in [7, 11) is 1.51. The third kappa shape index (κ3) is 2.18. The van der Waals surface area contributed by atoms with Crippen molar-refractivity contribution >= 4 is 15.9 Å². The molecule has 0 amide bonds. The molecule has 0 aromatic heterocycles. The predicted molar refractivity (Wildman–Crippen MR) is 67.2 cm³/mol. The number of phenols is 1. The summed E-state index contributed by atoms with van der Waals surface area (Å²) >= 11 is 3.38. The molecule has 0 aliphatic heterocycles. The van der Waals surface area contributed by atoms with E-state index in [0.717, 1.165) is 15.6 Å². The minimum absolute atomic E-state index is 0.0138. The number of hydrogen-bond donors (Lipinski definition) is 2. The molecule has 0 bridgehead atoms. The fraction of sp³-hybridized carbons (Fsp3) is 0.500. The van der Waals surface area contributed by atoms with Crippen LogP contribution < -0.4 is 4.74 Å². The van der Waals surface area contributed by atoms with Gasteiger partial charge in [-0.05, 0) is 18.6 Å². The fourth-order valence-electron chi connectivity index (χ4n) is 1.81. The van der Waals surface area contributed by atoms with Crippen LogP contribution in [0.15, 0.2) is 10.5 Å². The highest BCUT2D eigenvalue weighted by atomic mass is 79.9.